The van der Waals surface area contributed by atoms with Crippen molar-refractivity contribution in [1.82, 2.24) is 9.47 Å². The van der Waals surface area contributed by atoms with Crippen molar-refractivity contribution in [2.45, 2.75) is 31.7 Å². The van der Waals surface area contributed by atoms with Crippen LogP contribution < -0.4 is 15.4 Å². The minimum atomic E-state index is -1.21. The van der Waals surface area contributed by atoms with Gasteiger partial charge in [0, 0.05) is 55.3 Å². The Balaban J connectivity index is 1.67. The average molecular weight is 395 g/mol. The maximum atomic E-state index is 12.6. The quantitative estimate of drug-likeness (QED) is 0.753. The zero-order valence-corrected chi connectivity index (χ0v) is 16.3. The molecule has 0 radical (unpaired) electrons. The van der Waals surface area contributed by atoms with Gasteiger partial charge < -0.3 is 24.1 Å². The first-order valence-electron chi connectivity index (χ1n) is 9.82. The van der Waals surface area contributed by atoms with Gasteiger partial charge in [0.2, 0.25) is 5.91 Å². The third-order valence-electron chi connectivity index (χ3n) is 5.89. The summed E-state index contributed by atoms with van der Waals surface area (Å²) in [5.74, 6) is -0.383. The fourth-order valence-corrected chi connectivity index (χ4v) is 4.60. The van der Waals surface area contributed by atoms with Gasteiger partial charge in [-0.2, -0.15) is 0 Å². The molecule has 0 spiro atoms. The van der Waals surface area contributed by atoms with E-state index in [-0.39, 0.29) is 36.1 Å². The van der Waals surface area contributed by atoms with Gasteiger partial charge in [-0.25, -0.2) is 0 Å². The number of rotatable bonds is 5. The molecule has 4 rings (SSSR count). The average Bonchev–Trinajstić information content (AvgIpc) is 2.72. The van der Waals surface area contributed by atoms with Crippen LogP contribution in [-0.4, -0.2) is 41.5 Å². The van der Waals surface area contributed by atoms with Gasteiger partial charge in [-0.1, -0.05) is 12.1 Å². The molecule has 2 aliphatic heterocycles. The molecule has 1 aromatic heterocycles. The van der Waals surface area contributed by atoms with Crippen LogP contribution >= 0.6 is 0 Å². The maximum Gasteiger partial charge on any atom is 0.250 e. The van der Waals surface area contributed by atoms with E-state index in [4.69, 9.17) is 4.74 Å². The number of piperidine rings is 1. The van der Waals surface area contributed by atoms with Crippen molar-refractivity contribution in [1.29, 1.82) is 0 Å². The number of benzene rings is 1. The van der Waals surface area contributed by atoms with Gasteiger partial charge in [-0.05, 0) is 42.5 Å². The molecular weight excluding hydrogens is 372 g/mol. The van der Waals surface area contributed by atoms with Gasteiger partial charge in [-0.15, -0.1) is 0 Å². The van der Waals surface area contributed by atoms with Crippen molar-refractivity contribution < 1.29 is 19.4 Å². The van der Waals surface area contributed by atoms with E-state index in [0.717, 1.165) is 29.0 Å². The lowest BCUT2D eigenvalue weighted by Gasteiger charge is -2.43. The fourth-order valence-electron chi connectivity index (χ4n) is 4.60. The molecule has 152 valence electrons. The van der Waals surface area contributed by atoms with Crippen molar-refractivity contribution in [3.63, 3.8) is 0 Å². The Kier molecular flexibility index (Phi) is 5.13. The highest BCUT2D eigenvalue weighted by Crippen LogP contribution is 2.40. The summed E-state index contributed by atoms with van der Waals surface area (Å²) >= 11 is 0. The van der Waals surface area contributed by atoms with Crippen LogP contribution in [0.25, 0.3) is 11.1 Å². The summed E-state index contributed by atoms with van der Waals surface area (Å²) in [4.78, 5) is 37.5. The summed E-state index contributed by atoms with van der Waals surface area (Å²) in [6, 6.07) is 11.2. The molecule has 1 fully saturated rings. The molecule has 0 N–H and O–H groups in total. The van der Waals surface area contributed by atoms with E-state index in [1.807, 2.05) is 34.9 Å². The van der Waals surface area contributed by atoms with Crippen LogP contribution in [0.1, 0.15) is 30.9 Å². The SMILES string of the molecule is COc1ccc(-c2ccc(=O)n3c2[C@@H]2C[C@@H](CN(C(=O)CCC(=O)[O-])C2)C3)cc1. The number of fused-ring (bicyclic) bond motifs is 4. The van der Waals surface area contributed by atoms with Crippen LogP contribution in [0.4, 0.5) is 0 Å². The molecule has 2 bridgehead atoms. The molecule has 2 aromatic rings. The predicted octanol–water partition coefficient (Wildman–Crippen LogP) is 1.000. The second-order valence-electron chi connectivity index (χ2n) is 7.78. The normalized spacial score (nSPS) is 20.1. The molecule has 1 saturated heterocycles. The van der Waals surface area contributed by atoms with Gasteiger partial charge in [0.15, 0.2) is 0 Å². The summed E-state index contributed by atoms with van der Waals surface area (Å²) in [6.45, 7) is 1.62. The van der Waals surface area contributed by atoms with E-state index in [1.54, 1.807) is 18.1 Å². The number of amides is 1. The van der Waals surface area contributed by atoms with Gasteiger partial charge >= 0.3 is 0 Å². The Morgan fingerprint density at radius 1 is 1.07 bits per heavy atom. The van der Waals surface area contributed by atoms with Crippen molar-refractivity contribution in [2.24, 2.45) is 5.92 Å². The van der Waals surface area contributed by atoms with E-state index in [1.165, 1.54) is 0 Å². The van der Waals surface area contributed by atoms with Crippen LogP contribution in [0.5, 0.6) is 5.75 Å². The summed E-state index contributed by atoms with van der Waals surface area (Å²) in [7, 11) is 1.62. The standard InChI is InChI=1S/C22H24N2O5/c1-29-17-4-2-15(3-5-17)18-6-7-20(26)24-12-14-10-16(22(18)24)13-23(11-14)19(25)8-9-21(27)28/h2-7,14,16H,8-13H2,1H3,(H,27,28)/p-1/t14-,16+/m0/s1. The number of aromatic nitrogens is 1. The number of aliphatic carboxylic acids is 1. The minimum absolute atomic E-state index is 0.0244. The minimum Gasteiger partial charge on any atom is -0.550 e. The molecule has 3 heterocycles. The molecule has 29 heavy (non-hydrogen) atoms. The van der Waals surface area contributed by atoms with Crippen LogP contribution in [0.3, 0.4) is 0 Å². The molecule has 0 aliphatic carbocycles. The molecule has 7 heteroatoms. The molecule has 1 amide bonds. The molecule has 0 saturated carbocycles. The molecular formula is C22H23N2O5-. The molecule has 1 aromatic carbocycles. The predicted molar refractivity (Wildman–Crippen MR) is 104 cm³/mol. The highest BCUT2D eigenvalue weighted by Gasteiger charge is 2.37. The second kappa shape index (κ2) is 7.73. The van der Waals surface area contributed by atoms with E-state index >= 15 is 0 Å². The first-order chi connectivity index (χ1) is 14.0. The lowest BCUT2D eigenvalue weighted by atomic mass is 9.80. The number of hydrogen-bond donors (Lipinski definition) is 0. The summed E-state index contributed by atoms with van der Waals surface area (Å²) in [5, 5.41) is 10.7. The number of carbonyl (C=O) groups is 2. The van der Waals surface area contributed by atoms with Crippen LogP contribution in [0.15, 0.2) is 41.2 Å². The van der Waals surface area contributed by atoms with Gasteiger partial charge in [-0.3, -0.25) is 9.59 Å². The van der Waals surface area contributed by atoms with Crippen LogP contribution in [0.2, 0.25) is 0 Å². The van der Waals surface area contributed by atoms with Gasteiger partial charge in [0.05, 0.1) is 7.11 Å². The Labute approximate surface area is 168 Å². The van der Waals surface area contributed by atoms with Gasteiger partial charge in [0.25, 0.3) is 5.56 Å². The number of carboxylic acids is 1. The number of pyridine rings is 1. The van der Waals surface area contributed by atoms with E-state index in [0.29, 0.717) is 19.6 Å². The van der Waals surface area contributed by atoms with Crippen LogP contribution in [-0.2, 0) is 16.1 Å². The van der Waals surface area contributed by atoms with Crippen molar-refractivity contribution in [3.05, 3.63) is 52.4 Å². The largest absolute Gasteiger partial charge is 0.550 e. The van der Waals surface area contributed by atoms with Crippen molar-refractivity contribution in [3.8, 4) is 16.9 Å². The van der Waals surface area contributed by atoms with Crippen LogP contribution in [0, 0.1) is 5.92 Å². The maximum absolute atomic E-state index is 12.6. The smallest absolute Gasteiger partial charge is 0.250 e. The molecule has 2 atom stereocenters. The van der Waals surface area contributed by atoms with Gasteiger partial charge in [0.1, 0.15) is 5.75 Å². The summed E-state index contributed by atoms with van der Waals surface area (Å²) in [5.41, 5.74) is 2.91. The lowest BCUT2D eigenvalue weighted by molar-refractivity contribution is -0.305. The highest BCUT2D eigenvalue weighted by atomic mass is 16.5. The third kappa shape index (κ3) is 3.77. The number of carboxylic acid groups (broad SMARTS) is 1. The molecule has 2 aliphatic rings. The second-order valence-corrected chi connectivity index (χ2v) is 7.78. The Hall–Kier alpha value is -3.09. The Morgan fingerprint density at radius 2 is 1.83 bits per heavy atom. The van der Waals surface area contributed by atoms with E-state index in [9.17, 15) is 19.5 Å². The zero-order valence-electron chi connectivity index (χ0n) is 16.3. The van der Waals surface area contributed by atoms with E-state index in [2.05, 4.69) is 0 Å². The topological polar surface area (TPSA) is 91.7 Å². The van der Waals surface area contributed by atoms with E-state index < -0.39 is 5.97 Å². The number of ether oxygens (including phenoxy) is 1. The van der Waals surface area contributed by atoms with Crippen molar-refractivity contribution in [2.75, 3.05) is 20.2 Å². The lowest BCUT2D eigenvalue weighted by Crippen LogP contribution is -2.49. The number of nitrogens with zero attached hydrogens (tertiary/aromatic N) is 2. The first-order valence-corrected chi connectivity index (χ1v) is 9.82. The third-order valence-corrected chi connectivity index (χ3v) is 5.89. The summed E-state index contributed by atoms with van der Waals surface area (Å²) in [6.07, 6.45) is 0.601. The number of methoxy groups -OCH3 is 1. The number of carbonyl (C=O) groups excluding carboxylic acids is 2. The summed E-state index contributed by atoms with van der Waals surface area (Å²) < 4.78 is 7.09. The molecule has 0 unspecified atom stereocenters. The molecule has 7 nitrogen and oxygen atoms in total. The Morgan fingerprint density at radius 3 is 2.52 bits per heavy atom. The Bertz CT molecular complexity index is 995. The monoisotopic (exact) mass is 395 g/mol. The zero-order chi connectivity index (χ0) is 20.5. The fraction of sp³-hybridized carbons (Fsp3) is 0.409. The first kappa shape index (κ1) is 19.2. The number of likely N-dealkylation sites (tertiary alicyclic amines) is 1. The van der Waals surface area contributed by atoms with Crippen molar-refractivity contribution >= 4 is 11.9 Å². The number of hydrogen-bond acceptors (Lipinski definition) is 5. The highest BCUT2D eigenvalue weighted by molar-refractivity contribution is 5.80.